The van der Waals surface area contributed by atoms with Crippen LogP contribution in [0.1, 0.15) is 44.4 Å². The zero-order valence-corrected chi connectivity index (χ0v) is 12.1. The first-order valence-corrected chi connectivity index (χ1v) is 6.14. The molecule has 0 bridgehead atoms. The summed E-state index contributed by atoms with van der Waals surface area (Å²) in [6.07, 6.45) is 0. The Labute approximate surface area is 97.9 Å². The highest BCUT2D eigenvalue weighted by molar-refractivity contribution is 9.10. The Morgan fingerprint density at radius 3 is 1.50 bits per heavy atom. The van der Waals surface area contributed by atoms with Gasteiger partial charge in [-0.05, 0) is 37.5 Å². The van der Waals surface area contributed by atoms with E-state index in [4.69, 9.17) is 0 Å². The molecule has 0 aliphatic heterocycles. The summed E-state index contributed by atoms with van der Waals surface area (Å²) in [5, 5.41) is 0. The van der Waals surface area contributed by atoms with Crippen molar-refractivity contribution < 1.29 is 0 Å². The highest BCUT2D eigenvalue weighted by Crippen LogP contribution is 2.22. The van der Waals surface area contributed by atoms with E-state index in [0.717, 1.165) is 0 Å². The van der Waals surface area contributed by atoms with Gasteiger partial charge in [-0.3, -0.25) is 0 Å². The summed E-state index contributed by atoms with van der Waals surface area (Å²) in [4.78, 5) is 0. The second-order valence-corrected chi connectivity index (χ2v) is 3.43. The van der Waals surface area contributed by atoms with Gasteiger partial charge in [0.1, 0.15) is 0 Å². The summed E-state index contributed by atoms with van der Waals surface area (Å²) in [7, 11) is 0. The van der Waals surface area contributed by atoms with Crippen LogP contribution in [0.3, 0.4) is 0 Å². The number of hydrogen-bond donors (Lipinski definition) is 0. The minimum atomic E-state index is 1.24. The van der Waals surface area contributed by atoms with E-state index in [-0.39, 0.29) is 0 Å². The van der Waals surface area contributed by atoms with Gasteiger partial charge in [0.05, 0.1) is 0 Å². The predicted octanol–water partition coefficient (Wildman–Crippen LogP) is 5.43. The Hall–Kier alpha value is -0.300. The molecule has 1 aromatic rings. The molecule has 1 aromatic carbocycles. The third-order valence-corrected chi connectivity index (χ3v) is 3.07. The van der Waals surface area contributed by atoms with E-state index in [9.17, 15) is 0 Å². The average Bonchev–Trinajstić information content (AvgIpc) is 2.26. The molecule has 0 saturated carbocycles. The first-order chi connectivity index (χ1) is 6.63. The number of aryl methyl sites for hydroxylation is 2. The SMILES string of the molecule is CC.CC.Cc1ccc(C)c(Br)c1C. The molecule has 0 N–H and O–H groups in total. The van der Waals surface area contributed by atoms with Crippen LogP contribution in [0.4, 0.5) is 0 Å². The quantitative estimate of drug-likeness (QED) is 0.583. The van der Waals surface area contributed by atoms with Crippen molar-refractivity contribution in [3.05, 3.63) is 33.3 Å². The molecule has 14 heavy (non-hydrogen) atoms. The molecule has 1 rings (SSSR count). The molecule has 82 valence electrons. The van der Waals surface area contributed by atoms with E-state index in [0.29, 0.717) is 0 Å². The summed E-state index contributed by atoms with van der Waals surface area (Å²) in [6.45, 7) is 14.4. The Morgan fingerprint density at radius 1 is 0.786 bits per heavy atom. The fourth-order valence-corrected chi connectivity index (χ4v) is 1.36. The fraction of sp³-hybridized carbons (Fsp3) is 0.538. The average molecular weight is 259 g/mol. The van der Waals surface area contributed by atoms with Crippen LogP contribution in [0.25, 0.3) is 0 Å². The molecule has 0 aromatic heterocycles. The molecule has 0 fully saturated rings. The topological polar surface area (TPSA) is 0 Å². The van der Waals surface area contributed by atoms with Gasteiger partial charge in [-0.2, -0.15) is 0 Å². The first-order valence-electron chi connectivity index (χ1n) is 5.35. The lowest BCUT2D eigenvalue weighted by molar-refractivity contribution is 1.27. The lowest BCUT2D eigenvalue weighted by atomic mass is 10.1. The zero-order chi connectivity index (χ0) is 11.7. The number of rotatable bonds is 0. The van der Waals surface area contributed by atoms with Crippen LogP contribution >= 0.6 is 15.9 Å². The molecule has 0 radical (unpaired) electrons. The van der Waals surface area contributed by atoms with E-state index in [1.165, 1.54) is 21.2 Å². The number of benzene rings is 1. The summed E-state index contributed by atoms with van der Waals surface area (Å²) in [5.74, 6) is 0. The van der Waals surface area contributed by atoms with Crippen molar-refractivity contribution in [2.45, 2.75) is 48.5 Å². The summed E-state index contributed by atoms with van der Waals surface area (Å²) < 4.78 is 1.24. The molecule has 0 aliphatic rings. The molecular formula is C13H23Br. The third-order valence-electron chi connectivity index (χ3n) is 1.85. The Bertz CT molecular complexity index is 225. The Kier molecular flexibility index (Phi) is 10.7. The predicted molar refractivity (Wildman–Crippen MR) is 71.0 cm³/mol. The van der Waals surface area contributed by atoms with E-state index >= 15 is 0 Å². The van der Waals surface area contributed by atoms with Gasteiger partial charge >= 0.3 is 0 Å². The molecule has 0 atom stereocenters. The molecule has 0 aliphatic carbocycles. The van der Waals surface area contributed by atoms with Gasteiger partial charge in [0, 0.05) is 4.47 Å². The number of hydrogen-bond acceptors (Lipinski definition) is 0. The van der Waals surface area contributed by atoms with Crippen molar-refractivity contribution in [1.29, 1.82) is 0 Å². The van der Waals surface area contributed by atoms with E-state index in [2.05, 4.69) is 48.8 Å². The van der Waals surface area contributed by atoms with Gasteiger partial charge in [0.15, 0.2) is 0 Å². The maximum Gasteiger partial charge on any atom is 0.0236 e. The maximum absolute atomic E-state index is 3.53. The van der Waals surface area contributed by atoms with Gasteiger partial charge in [0.25, 0.3) is 0 Å². The highest BCUT2D eigenvalue weighted by atomic mass is 79.9. The molecule has 0 spiro atoms. The second-order valence-electron chi connectivity index (χ2n) is 2.64. The van der Waals surface area contributed by atoms with Crippen LogP contribution in [0.15, 0.2) is 16.6 Å². The van der Waals surface area contributed by atoms with Crippen molar-refractivity contribution in [3.8, 4) is 0 Å². The molecular weight excluding hydrogens is 236 g/mol. The second kappa shape index (κ2) is 9.26. The fourth-order valence-electron chi connectivity index (χ4n) is 0.917. The normalized spacial score (nSPS) is 8.00. The minimum Gasteiger partial charge on any atom is -0.0683 e. The van der Waals surface area contributed by atoms with Crippen molar-refractivity contribution in [1.82, 2.24) is 0 Å². The van der Waals surface area contributed by atoms with Crippen molar-refractivity contribution in [2.75, 3.05) is 0 Å². The van der Waals surface area contributed by atoms with Gasteiger partial charge in [0.2, 0.25) is 0 Å². The van der Waals surface area contributed by atoms with Crippen LogP contribution < -0.4 is 0 Å². The highest BCUT2D eigenvalue weighted by Gasteiger charge is 1.99. The van der Waals surface area contributed by atoms with Crippen molar-refractivity contribution in [2.24, 2.45) is 0 Å². The third kappa shape index (κ3) is 4.80. The molecule has 0 nitrogen and oxygen atoms in total. The van der Waals surface area contributed by atoms with E-state index in [1.54, 1.807) is 0 Å². The van der Waals surface area contributed by atoms with Crippen LogP contribution in [0.2, 0.25) is 0 Å². The minimum absolute atomic E-state index is 1.24. The van der Waals surface area contributed by atoms with E-state index < -0.39 is 0 Å². The molecule has 0 heterocycles. The van der Waals surface area contributed by atoms with Crippen LogP contribution in [-0.2, 0) is 0 Å². The van der Waals surface area contributed by atoms with Gasteiger partial charge in [-0.1, -0.05) is 55.8 Å². The molecule has 0 amide bonds. The van der Waals surface area contributed by atoms with Gasteiger partial charge in [-0.25, -0.2) is 0 Å². The molecule has 1 heteroatoms. The van der Waals surface area contributed by atoms with E-state index in [1.807, 2.05) is 27.7 Å². The van der Waals surface area contributed by atoms with Crippen LogP contribution in [-0.4, -0.2) is 0 Å². The zero-order valence-electron chi connectivity index (χ0n) is 10.5. The van der Waals surface area contributed by atoms with Crippen LogP contribution in [0, 0.1) is 20.8 Å². The Morgan fingerprint density at radius 2 is 1.14 bits per heavy atom. The summed E-state index contributed by atoms with van der Waals surface area (Å²) in [6, 6.07) is 4.28. The number of halogens is 1. The Balaban J connectivity index is 0. The monoisotopic (exact) mass is 258 g/mol. The van der Waals surface area contributed by atoms with Crippen LogP contribution in [0.5, 0.6) is 0 Å². The smallest absolute Gasteiger partial charge is 0.0236 e. The van der Waals surface area contributed by atoms with Crippen molar-refractivity contribution >= 4 is 15.9 Å². The van der Waals surface area contributed by atoms with Crippen molar-refractivity contribution in [3.63, 3.8) is 0 Å². The van der Waals surface area contributed by atoms with Gasteiger partial charge in [-0.15, -0.1) is 0 Å². The summed E-state index contributed by atoms with van der Waals surface area (Å²) >= 11 is 3.53. The van der Waals surface area contributed by atoms with Gasteiger partial charge < -0.3 is 0 Å². The molecule has 0 saturated heterocycles. The lowest BCUT2D eigenvalue weighted by Crippen LogP contribution is -1.84. The lowest BCUT2D eigenvalue weighted by Gasteiger charge is -2.04. The molecule has 0 unspecified atom stereocenters. The first kappa shape index (κ1) is 16.1. The summed E-state index contributed by atoms with van der Waals surface area (Å²) in [5.41, 5.74) is 4.00. The maximum atomic E-state index is 3.53. The largest absolute Gasteiger partial charge is 0.0683 e. The standard InChI is InChI=1S/C9H11Br.2C2H6/c1-6-4-5-7(2)9(10)8(6)3;2*1-2/h4-5H,1-3H3;2*1-2H3.